The van der Waals surface area contributed by atoms with Crippen molar-refractivity contribution in [1.82, 2.24) is 9.88 Å². The molecule has 34 heavy (non-hydrogen) atoms. The van der Waals surface area contributed by atoms with E-state index in [9.17, 15) is 14.7 Å². The van der Waals surface area contributed by atoms with Crippen molar-refractivity contribution >= 4 is 11.9 Å². The molecule has 1 fully saturated rings. The molecule has 0 radical (unpaired) electrons. The van der Waals surface area contributed by atoms with E-state index in [0.717, 1.165) is 41.2 Å². The molecule has 1 amide bonds. The van der Waals surface area contributed by atoms with Gasteiger partial charge in [0.25, 0.3) is 0 Å². The van der Waals surface area contributed by atoms with Crippen LogP contribution in [0.1, 0.15) is 30.4 Å². The monoisotopic (exact) mass is 462 g/mol. The molecule has 0 bridgehead atoms. The Bertz CT molecular complexity index is 1120. The molecule has 7 heteroatoms. The van der Waals surface area contributed by atoms with Gasteiger partial charge in [-0.2, -0.15) is 0 Å². The highest BCUT2D eigenvalue weighted by Crippen LogP contribution is 2.28. The van der Waals surface area contributed by atoms with E-state index < -0.39 is 11.9 Å². The molecule has 0 aliphatic carbocycles. The van der Waals surface area contributed by atoms with Crippen LogP contribution < -0.4 is 4.74 Å². The Morgan fingerprint density at radius 2 is 1.82 bits per heavy atom. The van der Waals surface area contributed by atoms with Crippen molar-refractivity contribution < 1.29 is 23.8 Å². The standard InChI is InChI=1S/C27H30N2O5/c1-18-25(28-26(34-18)21-6-4-3-5-7-21)14-15-33-23-12-9-20(10-13-23)8-11-22-16-29(19(2)30)17-24(22)27(31)32/h3-7,9-10,12-13,22,24H,8,11,14-17H2,1-2H3,(H,31,32)/t22?,24-/m0/s1. The number of rotatable bonds is 9. The van der Waals surface area contributed by atoms with E-state index in [0.29, 0.717) is 32.0 Å². The maximum Gasteiger partial charge on any atom is 0.308 e. The van der Waals surface area contributed by atoms with Gasteiger partial charge in [0.05, 0.1) is 18.2 Å². The first-order valence-corrected chi connectivity index (χ1v) is 11.6. The number of aromatic nitrogens is 1. The number of carbonyl (C=O) groups excluding carboxylic acids is 1. The summed E-state index contributed by atoms with van der Waals surface area (Å²) in [5.41, 5.74) is 2.96. The zero-order valence-electron chi connectivity index (χ0n) is 19.6. The number of oxazole rings is 1. The number of amides is 1. The summed E-state index contributed by atoms with van der Waals surface area (Å²) < 4.78 is 11.7. The molecule has 1 aliphatic rings. The van der Waals surface area contributed by atoms with Crippen LogP contribution in [0.25, 0.3) is 11.5 Å². The van der Waals surface area contributed by atoms with Gasteiger partial charge < -0.3 is 19.2 Å². The number of hydrogen-bond acceptors (Lipinski definition) is 5. The average Bonchev–Trinajstić information content (AvgIpc) is 3.43. The quantitative estimate of drug-likeness (QED) is 0.507. The van der Waals surface area contributed by atoms with E-state index in [1.165, 1.54) is 6.92 Å². The second-order valence-electron chi connectivity index (χ2n) is 8.80. The highest BCUT2D eigenvalue weighted by molar-refractivity contribution is 5.77. The first-order valence-electron chi connectivity index (χ1n) is 11.6. The molecule has 1 aliphatic heterocycles. The predicted octanol–water partition coefficient (Wildman–Crippen LogP) is 4.38. The summed E-state index contributed by atoms with van der Waals surface area (Å²) in [4.78, 5) is 29.5. The Labute approximate surface area is 199 Å². The summed E-state index contributed by atoms with van der Waals surface area (Å²) >= 11 is 0. The van der Waals surface area contributed by atoms with E-state index in [1.54, 1.807) is 4.90 Å². The van der Waals surface area contributed by atoms with Gasteiger partial charge in [-0.25, -0.2) is 4.98 Å². The third-order valence-electron chi connectivity index (χ3n) is 6.45. The van der Waals surface area contributed by atoms with E-state index >= 15 is 0 Å². The molecular weight excluding hydrogens is 432 g/mol. The number of carboxylic acids is 1. The number of ether oxygens (including phenoxy) is 1. The van der Waals surface area contributed by atoms with Crippen molar-refractivity contribution in [2.75, 3.05) is 19.7 Å². The topological polar surface area (TPSA) is 92.9 Å². The summed E-state index contributed by atoms with van der Waals surface area (Å²) in [6.07, 6.45) is 2.14. The molecule has 1 saturated heterocycles. The molecule has 1 unspecified atom stereocenters. The van der Waals surface area contributed by atoms with Gasteiger partial charge >= 0.3 is 5.97 Å². The summed E-state index contributed by atoms with van der Waals surface area (Å²) in [5.74, 6) is 0.796. The first kappa shape index (κ1) is 23.5. The van der Waals surface area contributed by atoms with Crippen molar-refractivity contribution in [3.63, 3.8) is 0 Å². The van der Waals surface area contributed by atoms with Crippen LogP contribution in [-0.4, -0.2) is 46.6 Å². The highest BCUT2D eigenvalue weighted by atomic mass is 16.5. The van der Waals surface area contributed by atoms with Crippen LogP contribution in [0.2, 0.25) is 0 Å². The lowest BCUT2D eigenvalue weighted by molar-refractivity contribution is -0.142. The fourth-order valence-corrected chi connectivity index (χ4v) is 4.43. The van der Waals surface area contributed by atoms with Crippen LogP contribution in [0.4, 0.5) is 0 Å². The van der Waals surface area contributed by atoms with E-state index in [2.05, 4.69) is 4.98 Å². The molecule has 7 nitrogen and oxygen atoms in total. The van der Waals surface area contributed by atoms with E-state index in [4.69, 9.17) is 9.15 Å². The fraction of sp³-hybridized carbons (Fsp3) is 0.370. The summed E-state index contributed by atoms with van der Waals surface area (Å²) in [7, 11) is 0. The lowest BCUT2D eigenvalue weighted by Gasteiger charge is -2.14. The second kappa shape index (κ2) is 10.5. The first-order chi connectivity index (χ1) is 16.4. The Kier molecular flexibility index (Phi) is 7.30. The number of carboxylic acid groups (broad SMARTS) is 1. The molecule has 178 valence electrons. The maximum absolute atomic E-state index is 11.6. The molecule has 3 aromatic rings. The van der Waals surface area contributed by atoms with Crippen LogP contribution in [-0.2, 0) is 22.4 Å². The zero-order chi connectivity index (χ0) is 24.1. The van der Waals surface area contributed by atoms with Crippen LogP contribution in [0.3, 0.4) is 0 Å². The molecule has 2 aromatic carbocycles. The third-order valence-corrected chi connectivity index (χ3v) is 6.45. The Hall–Kier alpha value is -3.61. The number of nitrogens with zero attached hydrogens (tertiary/aromatic N) is 2. The lowest BCUT2D eigenvalue weighted by Crippen LogP contribution is -2.27. The smallest absolute Gasteiger partial charge is 0.308 e. The van der Waals surface area contributed by atoms with Gasteiger partial charge in [-0.1, -0.05) is 30.3 Å². The van der Waals surface area contributed by atoms with Crippen molar-refractivity contribution in [1.29, 1.82) is 0 Å². The summed E-state index contributed by atoms with van der Waals surface area (Å²) in [6.45, 7) is 4.72. The fourth-order valence-electron chi connectivity index (χ4n) is 4.43. The highest BCUT2D eigenvalue weighted by Gasteiger charge is 2.38. The minimum atomic E-state index is -0.823. The van der Waals surface area contributed by atoms with E-state index in [1.807, 2.05) is 61.5 Å². The number of hydrogen-bond donors (Lipinski definition) is 1. The number of aryl methyl sites for hydroxylation is 2. The Morgan fingerprint density at radius 3 is 2.50 bits per heavy atom. The van der Waals surface area contributed by atoms with Gasteiger partial charge in [0, 0.05) is 32.0 Å². The number of likely N-dealkylation sites (tertiary alicyclic amines) is 1. The number of aliphatic carboxylic acids is 1. The molecule has 2 heterocycles. The maximum atomic E-state index is 11.6. The largest absolute Gasteiger partial charge is 0.493 e. The minimum Gasteiger partial charge on any atom is -0.493 e. The molecule has 1 N–H and O–H groups in total. The number of carbonyl (C=O) groups is 2. The van der Waals surface area contributed by atoms with Crippen LogP contribution in [0, 0.1) is 18.8 Å². The lowest BCUT2D eigenvalue weighted by atomic mass is 9.90. The van der Waals surface area contributed by atoms with Crippen molar-refractivity contribution in [2.45, 2.75) is 33.1 Å². The van der Waals surface area contributed by atoms with Gasteiger partial charge in [0.2, 0.25) is 11.8 Å². The molecule has 4 rings (SSSR count). The van der Waals surface area contributed by atoms with Gasteiger partial charge in [-0.15, -0.1) is 0 Å². The van der Waals surface area contributed by atoms with Gasteiger partial charge in [-0.05, 0) is 55.5 Å². The predicted molar refractivity (Wildman–Crippen MR) is 128 cm³/mol. The Balaban J connectivity index is 1.26. The number of benzene rings is 2. The molecule has 1 aromatic heterocycles. The molecule has 2 atom stereocenters. The third kappa shape index (κ3) is 5.65. The SMILES string of the molecule is CC(=O)N1CC(CCc2ccc(OCCc3nc(-c4ccccc4)oc3C)cc2)[C@@H](C(=O)O)C1. The second-order valence-corrected chi connectivity index (χ2v) is 8.80. The normalized spacial score (nSPS) is 17.6. The molecule has 0 saturated carbocycles. The summed E-state index contributed by atoms with van der Waals surface area (Å²) in [5, 5.41) is 9.49. The van der Waals surface area contributed by atoms with Crippen LogP contribution >= 0.6 is 0 Å². The van der Waals surface area contributed by atoms with Crippen molar-refractivity contribution in [2.24, 2.45) is 11.8 Å². The van der Waals surface area contributed by atoms with Crippen LogP contribution in [0.5, 0.6) is 5.75 Å². The van der Waals surface area contributed by atoms with Gasteiger partial charge in [0.1, 0.15) is 11.5 Å². The zero-order valence-corrected chi connectivity index (χ0v) is 19.6. The average molecular weight is 463 g/mol. The van der Waals surface area contributed by atoms with Crippen molar-refractivity contribution in [3.8, 4) is 17.2 Å². The minimum absolute atomic E-state index is 0.0243. The van der Waals surface area contributed by atoms with Gasteiger partial charge in [0.15, 0.2) is 0 Å². The molecule has 0 spiro atoms. The Morgan fingerprint density at radius 1 is 1.09 bits per heavy atom. The van der Waals surface area contributed by atoms with Crippen molar-refractivity contribution in [3.05, 3.63) is 71.6 Å². The molecular formula is C27H30N2O5. The van der Waals surface area contributed by atoms with Gasteiger partial charge in [-0.3, -0.25) is 9.59 Å². The van der Waals surface area contributed by atoms with E-state index in [-0.39, 0.29) is 11.8 Å². The van der Waals surface area contributed by atoms with Crippen LogP contribution in [0.15, 0.2) is 59.0 Å². The summed E-state index contributed by atoms with van der Waals surface area (Å²) in [6, 6.07) is 17.7.